The molecule has 40 heavy (non-hydrogen) atoms. The molecule has 0 spiro atoms. The SMILES string of the molecule is COc1cc2c(cc1OC)N(C(=O)c1ccc(-c3ccccc3C(F)(F)F)c(C)c1)Cc1ccc(C(=O)O)n1C2. The van der Waals surface area contributed by atoms with Gasteiger partial charge in [0.1, 0.15) is 5.69 Å². The Morgan fingerprint density at radius 2 is 1.57 bits per heavy atom. The number of carboxylic acids is 1. The highest BCUT2D eigenvalue weighted by molar-refractivity contribution is 6.07. The number of hydrogen-bond acceptors (Lipinski definition) is 4. The molecule has 0 bridgehead atoms. The van der Waals surface area contributed by atoms with Gasteiger partial charge in [-0.1, -0.05) is 24.3 Å². The van der Waals surface area contributed by atoms with Crippen LogP contribution in [0.5, 0.6) is 11.5 Å². The Balaban J connectivity index is 1.61. The molecule has 1 aliphatic heterocycles. The summed E-state index contributed by atoms with van der Waals surface area (Å²) in [6, 6.07) is 16.4. The lowest BCUT2D eigenvalue weighted by atomic mass is 9.94. The molecule has 1 N–H and O–H groups in total. The van der Waals surface area contributed by atoms with Gasteiger partial charge in [-0.2, -0.15) is 13.2 Å². The lowest BCUT2D eigenvalue weighted by molar-refractivity contribution is -0.137. The predicted octanol–water partition coefficient (Wildman–Crippen LogP) is 6.41. The van der Waals surface area contributed by atoms with Crippen LogP contribution in [0.25, 0.3) is 11.1 Å². The number of aryl methyl sites for hydroxylation is 1. The van der Waals surface area contributed by atoms with Crippen molar-refractivity contribution < 1.29 is 37.3 Å². The van der Waals surface area contributed by atoms with E-state index in [-0.39, 0.29) is 29.9 Å². The highest BCUT2D eigenvalue weighted by Crippen LogP contribution is 2.40. The quantitative estimate of drug-likeness (QED) is 0.311. The summed E-state index contributed by atoms with van der Waals surface area (Å²) in [6.45, 7) is 1.90. The van der Waals surface area contributed by atoms with Crippen LogP contribution < -0.4 is 14.4 Å². The van der Waals surface area contributed by atoms with Crippen molar-refractivity contribution in [1.29, 1.82) is 0 Å². The molecule has 3 aromatic carbocycles. The van der Waals surface area contributed by atoms with Crippen molar-refractivity contribution in [3.63, 3.8) is 0 Å². The molecule has 1 aromatic heterocycles. The number of alkyl halides is 3. The van der Waals surface area contributed by atoms with Crippen LogP contribution in [0.15, 0.2) is 66.7 Å². The number of halogens is 3. The summed E-state index contributed by atoms with van der Waals surface area (Å²) in [5, 5.41) is 9.71. The zero-order valence-corrected chi connectivity index (χ0v) is 21.9. The van der Waals surface area contributed by atoms with Gasteiger partial charge in [0, 0.05) is 17.3 Å². The number of carbonyl (C=O) groups is 2. The average Bonchev–Trinajstić information content (AvgIpc) is 3.25. The number of benzene rings is 3. The summed E-state index contributed by atoms with van der Waals surface area (Å²) < 4.78 is 53.5. The Labute approximate surface area is 228 Å². The van der Waals surface area contributed by atoms with Crippen molar-refractivity contribution in [2.45, 2.75) is 26.2 Å². The highest BCUT2D eigenvalue weighted by atomic mass is 19.4. The first-order valence-corrected chi connectivity index (χ1v) is 12.3. The molecule has 1 amide bonds. The number of nitrogens with zero attached hydrogens (tertiary/aromatic N) is 2. The van der Waals surface area contributed by atoms with E-state index in [0.717, 1.165) is 6.07 Å². The maximum Gasteiger partial charge on any atom is 0.417 e. The number of hydrogen-bond donors (Lipinski definition) is 1. The number of carbonyl (C=O) groups excluding carboxylic acids is 1. The van der Waals surface area contributed by atoms with Crippen LogP contribution in [0.4, 0.5) is 18.9 Å². The van der Waals surface area contributed by atoms with Crippen LogP contribution in [0.3, 0.4) is 0 Å². The van der Waals surface area contributed by atoms with Crippen molar-refractivity contribution >= 4 is 17.6 Å². The van der Waals surface area contributed by atoms with E-state index in [1.165, 1.54) is 49.5 Å². The largest absolute Gasteiger partial charge is 0.493 e. The van der Waals surface area contributed by atoms with E-state index in [0.29, 0.717) is 39.6 Å². The van der Waals surface area contributed by atoms with E-state index < -0.39 is 23.6 Å². The Bertz CT molecular complexity index is 1640. The number of amides is 1. The third kappa shape index (κ3) is 4.66. The van der Waals surface area contributed by atoms with Gasteiger partial charge in [-0.05, 0) is 65.6 Å². The molecule has 0 saturated carbocycles. The first kappa shape index (κ1) is 26.9. The number of ether oxygens (including phenoxy) is 2. The molecule has 0 fully saturated rings. The first-order valence-electron chi connectivity index (χ1n) is 12.3. The maximum atomic E-state index is 14.0. The molecule has 206 valence electrons. The molecule has 0 aliphatic carbocycles. The molecule has 5 rings (SSSR count). The van der Waals surface area contributed by atoms with E-state index >= 15 is 0 Å². The number of aromatic carboxylic acids is 1. The number of aromatic nitrogens is 1. The summed E-state index contributed by atoms with van der Waals surface area (Å²) in [4.78, 5) is 27.4. The van der Waals surface area contributed by atoms with Crippen LogP contribution in [0.2, 0.25) is 0 Å². The van der Waals surface area contributed by atoms with Gasteiger partial charge >= 0.3 is 12.1 Å². The Morgan fingerprint density at radius 3 is 2.23 bits per heavy atom. The first-order chi connectivity index (χ1) is 19.0. The molecule has 0 saturated heterocycles. The second-order valence-electron chi connectivity index (χ2n) is 9.40. The van der Waals surface area contributed by atoms with Crippen LogP contribution in [-0.4, -0.2) is 35.8 Å². The van der Waals surface area contributed by atoms with Crippen LogP contribution in [0, 0.1) is 6.92 Å². The minimum Gasteiger partial charge on any atom is -0.493 e. The van der Waals surface area contributed by atoms with Crippen LogP contribution >= 0.6 is 0 Å². The maximum absolute atomic E-state index is 14.0. The third-order valence-corrected chi connectivity index (χ3v) is 7.06. The van der Waals surface area contributed by atoms with Crippen molar-refractivity contribution in [1.82, 2.24) is 4.57 Å². The lowest BCUT2D eigenvalue weighted by Gasteiger charge is -2.24. The van der Waals surface area contributed by atoms with Gasteiger partial charge in [0.05, 0.1) is 38.6 Å². The molecule has 0 atom stereocenters. The molecule has 0 radical (unpaired) electrons. The second-order valence-corrected chi connectivity index (χ2v) is 9.40. The van der Waals surface area contributed by atoms with Gasteiger partial charge in [-0.3, -0.25) is 4.79 Å². The highest BCUT2D eigenvalue weighted by Gasteiger charge is 2.34. The smallest absolute Gasteiger partial charge is 0.417 e. The van der Waals surface area contributed by atoms with Gasteiger partial charge in [0.25, 0.3) is 5.91 Å². The fraction of sp³-hybridized carbons (Fsp3) is 0.200. The summed E-state index contributed by atoms with van der Waals surface area (Å²) in [5.41, 5.74) is 2.24. The monoisotopic (exact) mass is 550 g/mol. The van der Waals surface area contributed by atoms with E-state index in [9.17, 15) is 27.9 Å². The van der Waals surface area contributed by atoms with E-state index in [1.807, 2.05) is 0 Å². The van der Waals surface area contributed by atoms with Crippen molar-refractivity contribution in [2.24, 2.45) is 0 Å². The molecule has 7 nitrogen and oxygen atoms in total. The Hall–Kier alpha value is -4.73. The standard InChI is InChI=1S/C30H25F3N2O5/c1-17-12-18(8-10-21(17)22-6-4-5-7-23(22)30(31,32)33)28(36)35-16-20-9-11-24(29(37)38)34(20)15-19-13-26(39-2)27(40-3)14-25(19)35/h4-14H,15-16H2,1-3H3,(H,37,38). The number of methoxy groups -OCH3 is 2. The van der Waals surface area contributed by atoms with Gasteiger partial charge < -0.3 is 24.0 Å². The fourth-order valence-electron chi connectivity index (χ4n) is 5.13. The molecular formula is C30H25F3N2O5. The molecule has 10 heteroatoms. The lowest BCUT2D eigenvalue weighted by Crippen LogP contribution is -2.30. The number of fused-ring (bicyclic) bond motifs is 2. The van der Waals surface area contributed by atoms with Crippen LogP contribution in [0.1, 0.15) is 43.2 Å². The summed E-state index contributed by atoms with van der Waals surface area (Å²) >= 11 is 0. The van der Waals surface area contributed by atoms with E-state index in [2.05, 4.69) is 0 Å². The average molecular weight is 551 g/mol. The topological polar surface area (TPSA) is 81.0 Å². The minimum absolute atomic E-state index is 0.0301. The van der Waals surface area contributed by atoms with Gasteiger partial charge in [0.15, 0.2) is 11.5 Å². The van der Waals surface area contributed by atoms with Gasteiger partial charge in [0.2, 0.25) is 0 Å². The second kappa shape index (κ2) is 10.1. The predicted molar refractivity (Wildman–Crippen MR) is 142 cm³/mol. The zero-order chi connectivity index (χ0) is 28.8. The number of anilines is 1. The molecule has 1 aliphatic rings. The summed E-state index contributed by atoms with van der Waals surface area (Å²) in [7, 11) is 2.95. The summed E-state index contributed by atoms with van der Waals surface area (Å²) in [5.74, 6) is -0.693. The molecule has 0 unspecified atom stereocenters. The third-order valence-electron chi connectivity index (χ3n) is 7.06. The zero-order valence-electron chi connectivity index (χ0n) is 21.9. The normalized spacial score (nSPS) is 12.8. The van der Waals surface area contributed by atoms with E-state index in [1.54, 1.807) is 41.8 Å². The number of carboxylic acid groups (broad SMARTS) is 1. The molecule has 4 aromatic rings. The van der Waals surface area contributed by atoms with Crippen LogP contribution in [-0.2, 0) is 19.3 Å². The Morgan fingerprint density at radius 1 is 0.875 bits per heavy atom. The van der Waals surface area contributed by atoms with E-state index in [4.69, 9.17) is 9.47 Å². The summed E-state index contributed by atoms with van der Waals surface area (Å²) in [6.07, 6.45) is -4.53. The van der Waals surface area contributed by atoms with Crippen molar-refractivity contribution in [3.8, 4) is 22.6 Å². The molecule has 2 heterocycles. The van der Waals surface area contributed by atoms with Gasteiger partial charge in [-0.25, -0.2) is 4.79 Å². The fourth-order valence-corrected chi connectivity index (χ4v) is 5.13. The van der Waals surface area contributed by atoms with Crippen molar-refractivity contribution in [2.75, 3.05) is 19.1 Å². The van der Waals surface area contributed by atoms with Gasteiger partial charge in [-0.15, -0.1) is 0 Å². The van der Waals surface area contributed by atoms with Crippen molar-refractivity contribution in [3.05, 3.63) is 100 Å². The minimum atomic E-state index is -4.53. The number of rotatable bonds is 5. The molecular weight excluding hydrogens is 525 g/mol. The Kier molecular flexibility index (Phi) is 6.79.